The minimum atomic E-state index is 0.133. The second-order valence-corrected chi connectivity index (χ2v) is 6.16. The van der Waals surface area contributed by atoms with Crippen molar-refractivity contribution in [2.24, 2.45) is 0 Å². The fourth-order valence-corrected chi connectivity index (χ4v) is 3.21. The maximum Gasteiger partial charge on any atom is 0.257 e. The van der Waals surface area contributed by atoms with Crippen LogP contribution in [0.1, 0.15) is 56.6 Å². The summed E-state index contributed by atoms with van der Waals surface area (Å²) < 4.78 is 0. The number of nitrogens with zero attached hydrogens (tertiary/aromatic N) is 3. The fourth-order valence-electron chi connectivity index (χ4n) is 3.21. The van der Waals surface area contributed by atoms with Gasteiger partial charge in [-0.1, -0.05) is 20.3 Å². The van der Waals surface area contributed by atoms with Crippen LogP contribution in [0.5, 0.6) is 0 Å². The van der Waals surface area contributed by atoms with Crippen LogP contribution in [0.4, 0.5) is 0 Å². The number of carbonyl (C=O) groups is 1. The van der Waals surface area contributed by atoms with Gasteiger partial charge in [0.15, 0.2) is 0 Å². The molecule has 0 aromatic carbocycles. The number of hydrogen-bond donors (Lipinski definition) is 1. The van der Waals surface area contributed by atoms with E-state index in [2.05, 4.69) is 42.8 Å². The van der Waals surface area contributed by atoms with Gasteiger partial charge in [-0.2, -0.15) is 5.10 Å². The van der Waals surface area contributed by atoms with Crippen LogP contribution in [-0.4, -0.2) is 57.6 Å². The summed E-state index contributed by atoms with van der Waals surface area (Å²) in [6, 6.07) is 1.00. The standard InChI is InChI=1S/C16H28N4O/c1-5-7-15-14(10-17-18-15)16(21)19-8-9-20(12(3)4)13(6-2)11-19/h10,12-13H,5-9,11H2,1-4H3,(H,17,18). The van der Waals surface area contributed by atoms with Crippen molar-refractivity contribution in [3.8, 4) is 0 Å². The molecule has 1 aliphatic heterocycles. The van der Waals surface area contributed by atoms with Crippen molar-refractivity contribution in [3.05, 3.63) is 17.5 Å². The molecule has 1 atom stereocenters. The summed E-state index contributed by atoms with van der Waals surface area (Å²) in [5.41, 5.74) is 1.73. The normalized spacial score (nSPS) is 20.2. The third kappa shape index (κ3) is 3.46. The topological polar surface area (TPSA) is 52.2 Å². The van der Waals surface area contributed by atoms with E-state index in [1.807, 2.05) is 4.90 Å². The number of aromatic nitrogens is 2. The Bertz CT molecular complexity index is 469. The number of amides is 1. The first-order valence-electron chi connectivity index (χ1n) is 8.15. The minimum Gasteiger partial charge on any atom is -0.336 e. The zero-order valence-electron chi connectivity index (χ0n) is 13.7. The van der Waals surface area contributed by atoms with Crippen molar-refractivity contribution in [1.29, 1.82) is 0 Å². The van der Waals surface area contributed by atoms with E-state index in [4.69, 9.17) is 0 Å². The van der Waals surface area contributed by atoms with Crippen LogP contribution in [0.3, 0.4) is 0 Å². The predicted molar refractivity (Wildman–Crippen MR) is 84.4 cm³/mol. The quantitative estimate of drug-likeness (QED) is 0.906. The van der Waals surface area contributed by atoms with E-state index in [-0.39, 0.29) is 5.91 Å². The maximum absolute atomic E-state index is 12.7. The SMILES string of the molecule is CCCc1[nH]ncc1C(=O)N1CCN(C(C)C)C(CC)C1. The van der Waals surface area contributed by atoms with Crippen LogP contribution >= 0.6 is 0 Å². The molecule has 118 valence electrons. The molecule has 5 nitrogen and oxygen atoms in total. The molecule has 1 aliphatic rings. The van der Waals surface area contributed by atoms with E-state index in [0.29, 0.717) is 12.1 Å². The van der Waals surface area contributed by atoms with E-state index in [9.17, 15) is 4.79 Å². The molecule has 1 N–H and O–H groups in total. The molecule has 1 amide bonds. The van der Waals surface area contributed by atoms with Crippen LogP contribution in [0.25, 0.3) is 0 Å². The maximum atomic E-state index is 12.7. The number of H-pyrrole nitrogens is 1. The molecule has 1 fully saturated rings. The van der Waals surface area contributed by atoms with Crippen molar-refractivity contribution < 1.29 is 4.79 Å². The van der Waals surface area contributed by atoms with E-state index in [1.165, 1.54) is 0 Å². The number of nitrogens with one attached hydrogen (secondary N) is 1. The van der Waals surface area contributed by atoms with Crippen molar-refractivity contribution >= 4 is 5.91 Å². The van der Waals surface area contributed by atoms with E-state index in [0.717, 1.165) is 50.2 Å². The molecule has 0 saturated carbocycles. The fraction of sp³-hybridized carbons (Fsp3) is 0.750. The summed E-state index contributed by atoms with van der Waals surface area (Å²) in [6.45, 7) is 11.4. The highest BCUT2D eigenvalue weighted by Gasteiger charge is 2.31. The monoisotopic (exact) mass is 292 g/mol. The molecular formula is C16H28N4O. The lowest BCUT2D eigenvalue weighted by Crippen LogP contribution is -2.56. The summed E-state index contributed by atoms with van der Waals surface area (Å²) in [4.78, 5) is 17.2. The van der Waals surface area contributed by atoms with Crippen LogP contribution in [0.2, 0.25) is 0 Å². The number of aryl methyl sites for hydroxylation is 1. The van der Waals surface area contributed by atoms with Crippen LogP contribution < -0.4 is 0 Å². The van der Waals surface area contributed by atoms with Gasteiger partial charge in [-0.25, -0.2) is 0 Å². The Balaban J connectivity index is 2.08. The molecule has 21 heavy (non-hydrogen) atoms. The number of rotatable bonds is 5. The van der Waals surface area contributed by atoms with Gasteiger partial charge in [0.1, 0.15) is 0 Å². The van der Waals surface area contributed by atoms with Gasteiger partial charge in [0.2, 0.25) is 0 Å². The first-order valence-corrected chi connectivity index (χ1v) is 8.15. The van der Waals surface area contributed by atoms with Gasteiger partial charge in [0.25, 0.3) is 5.91 Å². The Kier molecular flexibility index (Phi) is 5.39. The second kappa shape index (κ2) is 7.07. The molecule has 1 saturated heterocycles. The highest BCUT2D eigenvalue weighted by molar-refractivity contribution is 5.95. The van der Waals surface area contributed by atoms with E-state index >= 15 is 0 Å². The highest BCUT2D eigenvalue weighted by atomic mass is 16.2. The first-order chi connectivity index (χ1) is 10.1. The molecule has 0 aliphatic carbocycles. The lowest BCUT2D eigenvalue weighted by atomic mass is 10.1. The Morgan fingerprint density at radius 2 is 2.19 bits per heavy atom. The van der Waals surface area contributed by atoms with Gasteiger partial charge < -0.3 is 4.90 Å². The van der Waals surface area contributed by atoms with Gasteiger partial charge in [0, 0.05) is 37.4 Å². The zero-order valence-corrected chi connectivity index (χ0v) is 13.7. The van der Waals surface area contributed by atoms with Gasteiger partial charge in [-0.05, 0) is 26.7 Å². The molecule has 2 heterocycles. The molecule has 2 rings (SSSR count). The predicted octanol–water partition coefficient (Wildman–Crippen LogP) is 2.31. The van der Waals surface area contributed by atoms with Crippen LogP contribution in [-0.2, 0) is 6.42 Å². The molecule has 5 heteroatoms. The van der Waals surface area contributed by atoms with E-state index in [1.54, 1.807) is 6.20 Å². The Morgan fingerprint density at radius 3 is 2.81 bits per heavy atom. The smallest absolute Gasteiger partial charge is 0.257 e. The van der Waals surface area contributed by atoms with Gasteiger partial charge in [-0.15, -0.1) is 0 Å². The number of carbonyl (C=O) groups excluding carboxylic acids is 1. The molecule has 1 aromatic rings. The van der Waals surface area contributed by atoms with Crippen molar-refractivity contribution in [1.82, 2.24) is 20.0 Å². The molecular weight excluding hydrogens is 264 g/mol. The second-order valence-electron chi connectivity index (χ2n) is 6.16. The Labute approximate surface area is 127 Å². The average molecular weight is 292 g/mol. The van der Waals surface area contributed by atoms with Crippen LogP contribution in [0, 0.1) is 0 Å². The molecule has 0 spiro atoms. The summed E-state index contributed by atoms with van der Waals surface area (Å²) in [7, 11) is 0. The summed E-state index contributed by atoms with van der Waals surface area (Å²) in [5.74, 6) is 0.133. The third-order valence-electron chi connectivity index (χ3n) is 4.40. The number of hydrogen-bond acceptors (Lipinski definition) is 3. The zero-order chi connectivity index (χ0) is 15.4. The summed E-state index contributed by atoms with van der Waals surface area (Å²) in [5, 5.41) is 7.03. The Morgan fingerprint density at radius 1 is 1.43 bits per heavy atom. The highest BCUT2D eigenvalue weighted by Crippen LogP contribution is 2.19. The van der Waals surface area contributed by atoms with Crippen molar-refractivity contribution in [2.45, 2.75) is 59.0 Å². The summed E-state index contributed by atoms with van der Waals surface area (Å²) in [6.07, 6.45) is 4.66. The molecule has 0 radical (unpaired) electrons. The largest absolute Gasteiger partial charge is 0.336 e. The molecule has 1 unspecified atom stereocenters. The minimum absolute atomic E-state index is 0.133. The molecule has 1 aromatic heterocycles. The van der Waals surface area contributed by atoms with Crippen molar-refractivity contribution in [2.75, 3.05) is 19.6 Å². The third-order valence-corrected chi connectivity index (χ3v) is 4.40. The lowest BCUT2D eigenvalue weighted by Gasteiger charge is -2.43. The van der Waals surface area contributed by atoms with Gasteiger partial charge in [0.05, 0.1) is 11.8 Å². The first kappa shape index (κ1) is 16.0. The van der Waals surface area contributed by atoms with E-state index < -0.39 is 0 Å². The van der Waals surface area contributed by atoms with Gasteiger partial charge in [-0.3, -0.25) is 14.8 Å². The van der Waals surface area contributed by atoms with Crippen LogP contribution in [0.15, 0.2) is 6.20 Å². The lowest BCUT2D eigenvalue weighted by molar-refractivity contribution is 0.0371. The number of piperazine rings is 1. The average Bonchev–Trinajstić information content (AvgIpc) is 2.94. The van der Waals surface area contributed by atoms with Crippen molar-refractivity contribution in [3.63, 3.8) is 0 Å². The molecule has 0 bridgehead atoms. The number of aromatic amines is 1. The summed E-state index contributed by atoms with van der Waals surface area (Å²) >= 11 is 0. The van der Waals surface area contributed by atoms with Gasteiger partial charge >= 0.3 is 0 Å². The Hall–Kier alpha value is -1.36.